The molecule has 174 valence electrons. The van der Waals surface area contributed by atoms with Crippen LogP contribution in [-0.4, -0.2) is 48.0 Å². The van der Waals surface area contributed by atoms with Crippen molar-refractivity contribution in [1.82, 2.24) is 9.97 Å². The number of aromatic amines is 1. The van der Waals surface area contributed by atoms with Gasteiger partial charge in [0.25, 0.3) is 0 Å². The summed E-state index contributed by atoms with van der Waals surface area (Å²) in [7, 11) is -2.13. The monoisotopic (exact) mass is 456 g/mol. The van der Waals surface area contributed by atoms with Crippen LogP contribution in [0.25, 0.3) is 21.8 Å². The first-order valence-corrected chi connectivity index (χ1v) is 14.3. The van der Waals surface area contributed by atoms with Crippen LogP contribution in [0.5, 0.6) is 0 Å². The number of hydrogen-bond acceptors (Lipinski definition) is 5. The topological polar surface area (TPSA) is 76.6 Å². The number of ether oxygens (including phenoxy) is 2. The molecule has 3 unspecified atom stereocenters. The first kappa shape index (κ1) is 23.4. The van der Waals surface area contributed by atoms with Gasteiger partial charge >= 0.3 is 0 Å². The summed E-state index contributed by atoms with van der Waals surface area (Å²) < 4.78 is 19.1. The number of aliphatic hydroxyl groups is 1. The molecule has 2 aromatic heterocycles. The largest absolute Gasteiger partial charge is 0.408 e. The number of nitrogens with one attached hydrogen (secondary N) is 1. The van der Waals surface area contributed by atoms with Crippen molar-refractivity contribution in [3.63, 3.8) is 0 Å². The SMILES string of the molecule is CC1(C)OC(CO)C(CC(O[Si](C)(C)C(C)(C)C)c2nccc3c2[nH]c2ccccc23)O1. The Morgan fingerprint density at radius 2 is 1.81 bits per heavy atom. The molecule has 3 aromatic rings. The molecule has 0 saturated carbocycles. The summed E-state index contributed by atoms with van der Waals surface area (Å²) in [5.41, 5.74) is 2.96. The first-order chi connectivity index (χ1) is 14.9. The van der Waals surface area contributed by atoms with Crippen molar-refractivity contribution in [3.05, 3.63) is 42.2 Å². The smallest absolute Gasteiger partial charge is 0.192 e. The molecule has 1 fully saturated rings. The standard InChI is InChI=1S/C25H36N2O4Si/c1-24(2,3)32(6,7)31-20(14-19-21(15-28)30-25(4,5)29-19)23-22-17(12-13-26-23)16-10-8-9-11-18(16)27-22/h8-13,19-21,27-28H,14-15H2,1-7H3. The molecule has 7 heteroatoms. The van der Waals surface area contributed by atoms with E-state index in [4.69, 9.17) is 18.9 Å². The molecule has 2 N–H and O–H groups in total. The van der Waals surface area contributed by atoms with Gasteiger partial charge in [-0.1, -0.05) is 39.0 Å². The van der Waals surface area contributed by atoms with Crippen molar-refractivity contribution < 1.29 is 19.0 Å². The van der Waals surface area contributed by atoms with Crippen LogP contribution < -0.4 is 0 Å². The van der Waals surface area contributed by atoms with Crippen molar-refractivity contribution in [2.24, 2.45) is 0 Å². The van der Waals surface area contributed by atoms with Gasteiger partial charge in [0.05, 0.1) is 30.0 Å². The lowest BCUT2D eigenvalue weighted by Gasteiger charge is -2.39. The Labute approximate surface area is 191 Å². The fourth-order valence-corrected chi connectivity index (χ4v) is 5.53. The Balaban J connectivity index is 1.79. The molecule has 6 nitrogen and oxygen atoms in total. The van der Waals surface area contributed by atoms with E-state index in [9.17, 15) is 5.11 Å². The van der Waals surface area contributed by atoms with E-state index in [0.29, 0.717) is 6.42 Å². The van der Waals surface area contributed by atoms with Crippen LogP contribution in [0, 0.1) is 0 Å². The zero-order chi connectivity index (χ0) is 23.3. The fraction of sp³-hybridized carbons (Fsp3) is 0.560. The van der Waals surface area contributed by atoms with Crippen molar-refractivity contribution in [2.45, 2.75) is 83.3 Å². The zero-order valence-corrected chi connectivity index (χ0v) is 21.2. The molecule has 1 aliphatic rings. The van der Waals surface area contributed by atoms with Gasteiger partial charge in [-0.25, -0.2) is 0 Å². The van der Waals surface area contributed by atoms with E-state index in [0.717, 1.165) is 22.1 Å². The minimum atomic E-state index is -2.13. The fourth-order valence-electron chi connectivity index (χ4n) is 4.26. The number of para-hydroxylation sites is 1. The second-order valence-electron chi connectivity index (χ2n) is 10.8. The predicted octanol–water partition coefficient (Wildman–Crippen LogP) is 5.68. The van der Waals surface area contributed by atoms with Crippen LogP contribution in [-0.2, 0) is 13.9 Å². The third kappa shape index (κ3) is 4.37. The second kappa shape index (κ2) is 8.22. The predicted molar refractivity (Wildman–Crippen MR) is 130 cm³/mol. The number of H-pyrrole nitrogens is 1. The minimum absolute atomic E-state index is 0.0439. The molecule has 0 aliphatic carbocycles. The van der Waals surface area contributed by atoms with Crippen LogP contribution in [0.3, 0.4) is 0 Å². The summed E-state index contributed by atoms with van der Waals surface area (Å²) in [4.78, 5) is 8.37. The van der Waals surface area contributed by atoms with Crippen molar-refractivity contribution in [3.8, 4) is 0 Å². The number of pyridine rings is 1. The molecule has 32 heavy (non-hydrogen) atoms. The Kier molecular flexibility index (Phi) is 6.01. The average molecular weight is 457 g/mol. The Morgan fingerprint density at radius 1 is 1.12 bits per heavy atom. The molecular weight excluding hydrogens is 420 g/mol. The summed E-state index contributed by atoms with van der Waals surface area (Å²) in [6.07, 6.45) is 1.45. The van der Waals surface area contributed by atoms with Gasteiger partial charge < -0.3 is 24.0 Å². The van der Waals surface area contributed by atoms with Crippen LogP contribution in [0.15, 0.2) is 36.5 Å². The van der Waals surface area contributed by atoms with Gasteiger partial charge in [0.1, 0.15) is 6.10 Å². The molecule has 3 heterocycles. The van der Waals surface area contributed by atoms with Gasteiger partial charge in [-0.05, 0) is 44.1 Å². The Hall–Kier alpha value is -1.77. The van der Waals surface area contributed by atoms with E-state index in [-0.39, 0.29) is 23.9 Å². The van der Waals surface area contributed by atoms with Gasteiger partial charge in [-0.15, -0.1) is 0 Å². The number of hydrogen-bond donors (Lipinski definition) is 2. The third-order valence-corrected chi connectivity index (χ3v) is 11.4. The van der Waals surface area contributed by atoms with Crippen LogP contribution >= 0.6 is 0 Å². The maximum absolute atomic E-state index is 9.92. The Bertz CT molecular complexity index is 1100. The molecule has 1 aliphatic heterocycles. The highest BCUT2D eigenvalue weighted by Crippen LogP contribution is 2.43. The van der Waals surface area contributed by atoms with Crippen LogP contribution in [0.1, 0.15) is 52.8 Å². The Morgan fingerprint density at radius 3 is 2.50 bits per heavy atom. The number of nitrogens with zero attached hydrogens (tertiary/aromatic N) is 1. The van der Waals surface area contributed by atoms with E-state index in [1.165, 1.54) is 5.39 Å². The summed E-state index contributed by atoms with van der Waals surface area (Å²) in [6.45, 7) is 14.9. The van der Waals surface area contributed by atoms with Crippen molar-refractivity contribution in [2.75, 3.05) is 6.61 Å². The molecule has 4 rings (SSSR count). The van der Waals surface area contributed by atoms with Gasteiger partial charge in [0, 0.05) is 28.9 Å². The maximum atomic E-state index is 9.92. The molecular formula is C25H36N2O4Si. The van der Waals surface area contributed by atoms with Gasteiger partial charge in [0.2, 0.25) is 0 Å². The van der Waals surface area contributed by atoms with E-state index in [1.54, 1.807) is 0 Å². The van der Waals surface area contributed by atoms with Gasteiger partial charge in [0.15, 0.2) is 14.1 Å². The molecule has 3 atom stereocenters. The third-order valence-electron chi connectivity index (χ3n) is 6.92. The minimum Gasteiger partial charge on any atom is -0.408 e. The highest BCUT2D eigenvalue weighted by molar-refractivity contribution is 6.74. The van der Waals surface area contributed by atoms with Gasteiger partial charge in [-0.2, -0.15) is 0 Å². The highest BCUT2D eigenvalue weighted by atomic mass is 28.4. The van der Waals surface area contributed by atoms with Crippen molar-refractivity contribution in [1.29, 1.82) is 0 Å². The molecule has 0 spiro atoms. The molecule has 0 amide bonds. The van der Waals surface area contributed by atoms with E-state index < -0.39 is 20.2 Å². The summed E-state index contributed by atoms with van der Waals surface area (Å²) in [6, 6.07) is 10.3. The van der Waals surface area contributed by atoms with Crippen molar-refractivity contribution >= 4 is 30.1 Å². The summed E-state index contributed by atoms with van der Waals surface area (Å²) >= 11 is 0. The molecule has 1 saturated heterocycles. The van der Waals surface area contributed by atoms with E-state index >= 15 is 0 Å². The maximum Gasteiger partial charge on any atom is 0.192 e. The molecule has 1 aromatic carbocycles. The summed E-state index contributed by atoms with van der Waals surface area (Å²) in [5, 5.41) is 12.3. The number of rotatable bonds is 6. The lowest BCUT2D eigenvalue weighted by atomic mass is 10.0. The normalized spacial score (nSPS) is 22.6. The van der Waals surface area contributed by atoms with Crippen LogP contribution in [0.4, 0.5) is 0 Å². The number of benzene rings is 1. The highest BCUT2D eigenvalue weighted by Gasteiger charge is 2.45. The van der Waals surface area contributed by atoms with E-state index in [2.05, 4.69) is 63.1 Å². The lowest BCUT2D eigenvalue weighted by Crippen LogP contribution is -2.43. The van der Waals surface area contributed by atoms with Crippen LogP contribution in [0.2, 0.25) is 18.1 Å². The average Bonchev–Trinajstić information content (AvgIpc) is 3.22. The van der Waals surface area contributed by atoms with Gasteiger partial charge in [-0.3, -0.25) is 4.98 Å². The quantitative estimate of drug-likeness (QED) is 0.467. The number of aromatic nitrogens is 2. The zero-order valence-electron chi connectivity index (χ0n) is 20.2. The molecule has 0 radical (unpaired) electrons. The first-order valence-electron chi connectivity index (χ1n) is 11.4. The number of aliphatic hydroxyl groups excluding tert-OH is 1. The summed E-state index contributed by atoms with van der Waals surface area (Å²) in [5.74, 6) is -0.736. The molecule has 0 bridgehead atoms. The second-order valence-corrected chi connectivity index (χ2v) is 15.5. The number of fused-ring (bicyclic) bond motifs is 3. The lowest BCUT2D eigenvalue weighted by molar-refractivity contribution is -0.150. The van der Waals surface area contributed by atoms with E-state index in [1.807, 2.05) is 26.1 Å².